The molecule has 0 radical (unpaired) electrons. The molecule has 1 aliphatic heterocycles. The Hall–Kier alpha value is -1.03. The first-order valence-electron chi connectivity index (χ1n) is 7.43. The van der Waals surface area contributed by atoms with E-state index in [0.717, 1.165) is 42.3 Å². The van der Waals surface area contributed by atoms with Gasteiger partial charge in [0.1, 0.15) is 5.75 Å². The second kappa shape index (κ2) is 6.39. The van der Waals surface area contributed by atoms with Crippen molar-refractivity contribution in [2.24, 2.45) is 0 Å². The number of fused-ring (bicyclic) bond motifs is 1. The second-order valence-corrected chi connectivity index (χ2v) is 6.71. The minimum atomic E-state index is 0.115. The van der Waals surface area contributed by atoms with Gasteiger partial charge in [0.15, 0.2) is 0 Å². The fourth-order valence-corrected chi connectivity index (χ4v) is 4.14. The van der Waals surface area contributed by atoms with Gasteiger partial charge in [-0.15, -0.1) is 11.3 Å². The summed E-state index contributed by atoms with van der Waals surface area (Å²) in [7, 11) is 0. The van der Waals surface area contributed by atoms with Crippen LogP contribution in [0.3, 0.4) is 0 Å². The highest BCUT2D eigenvalue weighted by Crippen LogP contribution is 2.41. The molecular formula is C17H20ClNOS. The monoisotopic (exact) mass is 321 g/mol. The van der Waals surface area contributed by atoms with E-state index in [1.54, 1.807) is 11.3 Å². The van der Waals surface area contributed by atoms with Gasteiger partial charge in [-0.1, -0.05) is 36.7 Å². The first-order chi connectivity index (χ1) is 10.2. The van der Waals surface area contributed by atoms with Crippen LogP contribution in [0.2, 0.25) is 5.02 Å². The van der Waals surface area contributed by atoms with Crippen molar-refractivity contribution >= 4 is 22.9 Å². The summed E-state index contributed by atoms with van der Waals surface area (Å²) in [5.74, 6) is 1.05. The Kier molecular flexibility index (Phi) is 4.53. The zero-order valence-corrected chi connectivity index (χ0v) is 14.0. The molecular weight excluding hydrogens is 302 g/mol. The van der Waals surface area contributed by atoms with E-state index >= 15 is 0 Å². The molecule has 1 atom stereocenters. The largest absolute Gasteiger partial charge is 0.493 e. The fourth-order valence-electron chi connectivity index (χ4n) is 2.74. The summed E-state index contributed by atoms with van der Waals surface area (Å²) >= 11 is 8.24. The van der Waals surface area contributed by atoms with Gasteiger partial charge in [0.05, 0.1) is 17.7 Å². The smallest absolute Gasteiger partial charge is 0.127 e. The Bertz CT molecular complexity index is 638. The van der Waals surface area contributed by atoms with Crippen LogP contribution in [-0.4, -0.2) is 13.2 Å². The highest BCUT2D eigenvalue weighted by atomic mass is 35.5. The molecule has 21 heavy (non-hydrogen) atoms. The first-order valence-corrected chi connectivity index (χ1v) is 8.69. The Morgan fingerprint density at radius 2 is 2.29 bits per heavy atom. The molecule has 2 heterocycles. The molecule has 1 N–H and O–H groups in total. The van der Waals surface area contributed by atoms with Crippen LogP contribution in [0.1, 0.15) is 41.0 Å². The number of thiophene rings is 1. The van der Waals surface area contributed by atoms with Crippen LogP contribution < -0.4 is 10.1 Å². The number of halogens is 1. The Morgan fingerprint density at radius 1 is 1.43 bits per heavy atom. The van der Waals surface area contributed by atoms with Gasteiger partial charge in [0.2, 0.25) is 0 Å². The summed E-state index contributed by atoms with van der Waals surface area (Å²) in [6.45, 7) is 5.98. The van der Waals surface area contributed by atoms with Crippen molar-refractivity contribution in [1.29, 1.82) is 0 Å². The van der Waals surface area contributed by atoms with Crippen LogP contribution in [-0.2, 0) is 6.42 Å². The van der Waals surface area contributed by atoms with Gasteiger partial charge in [-0.25, -0.2) is 0 Å². The molecule has 1 aromatic carbocycles. The van der Waals surface area contributed by atoms with E-state index in [1.165, 1.54) is 16.0 Å². The van der Waals surface area contributed by atoms with Gasteiger partial charge >= 0.3 is 0 Å². The van der Waals surface area contributed by atoms with Crippen molar-refractivity contribution in [2.45, 2.75) is 32.7 Å². The minimum absolute atomic E-state index is 0.115. The van der Waals surface area contributed by atoms with Crippen molar-refractivity contribution in [3.63, 3.8) is 0 Å². The fraction of sp³-hybridized carbons (Fsp3) is 0.412. The van der Waals surface area contributed by atoms with Gasteiger partial charge < -0.3 is 10.1 Å². The number of nitrogens with one attached hydrogen (secondary N) is 1. The lowest BCUT2D eigenvalue weighted by molar-refractivity contribution is 0.350. The van der Waals surface area contributed by atoms with Crippen molar-refractivity contribution in [1.82, 2.24) is 5.32 Å². The molecule has 0 saturated heterocycles. The molecule has 1 aromatic heterocycles. The molecule has 0 spiro atoms. The normalized spacial score (nSPS) is 14.8. The lowest BCUT2D eigenvalue weighted by atomic mass is 10.00. The zero-order chi connectivity index (χ0) is 14.8. The zero-order valence-electron chi connectivity index (χ0n) is 12.4. The predicted octanol–water partition coefficient (Wildman–Crippen LogP) is 4.73. The average Bonchev–Trinajstić information content (AvgIpc) is 3.09. The standard InChI is InChI=1S/C17H20ClNOS/c1-3-8-19-15(17-14(18)11(2)10-21-17)13-6-4-5-12-7-9-20-16(12)13/h4-6,10,15,19H,3,7-9H2,1-2H3. The number of hydrogen-bond donors (Lipinski definition) is 1. The van der Waals surface area contributed by atoms with Crippen LogP contribution in [0.5, 0.6) is 5.75 Å². The SMILES string of the molecule is CCCNC(c1cccc2c1OCC2)c1scc(C)c1Cl. The van der Waals surface area contributed by atoms with E-state index in [0.29, 0.717) is 0 Å². The number of ether oxygens (including phenoxy) is 1. The third kappa shape index (κ3) is 2.83. The van der Waals surface area contributed by atoms with Crippen molar-refractivity contribution in [3.8, 4) is 5.75 Å². The van der Waals surface area contributed by atoms with Gasteiger partial charge in [-0.2, -0.15) is 0 Å². The molecule has 1 aliphatic rings. The van der Waals surface area contributed by atoms with Crippen molar-refractivity contribution < 1.29 is 4.74 Å². The van der Waals surface area contributed by atoms with E-state index in [-0.39, 0.29) is 6.04 Å². The van der Waals surface area contributed by atoms with Crippen LogP contribution >= 0.6 is 22.9 Å². The molecule has 0 aliphatic carbocycles. The van der Waals surface area contributed by atoms with E-state index in [9.17, 15) is 0 Å². The molecule has 0 saturated carbocycles. The number of rotatable bonds is 5. The molecule has 0 amide bonds. The summed E-state index contributed by atoms with van der Waals surface area (Å²) in [6.07, 6.45) is 2.09. The predicted molar refractivity (Wildman–Crippen MR) is 89.8 cm³/mol. The summed E-state index contributed by atoms with van der Waals surface area (Å²) in [5.41, 5.74) is 3.66. The van der Waals surface area contributed by atoms with Gasteiger partial charge in [0.25, 0.3) is 0 Å². The average molecular weight is 322 g/mol. The topological polar surface area (TPSA) is 21.3 Å². The molecule has 0 fully saturated rings. The van der Waals surface area contributed by atoms with Crippen LogP contribution in [0, 0.1) is 6.92 Å². The van der Waals surface area contributed by atoms with E-state index < -0.39 is 0 Å². The third-order valence-electron chi connectivity index (χ3n) is 3.84. The first kappa shape index (κ1) is 14.9. The number of hydrogen-bond acceptors (Lipinski definition) is 3. The quantitative estimate of drug-likeness (QED) is 0.859. The molecule has 3 rings (SSSR count). The van der Waals surface area contributed by atoms with Gasteiger partial charge in [0, 0.05) is 16.9 Å². The maximum absolute atomic E-state index is 6.51. The number of aryl methyl sites for hydroxylation is 1. The lowest BCUT2D eigenvalue weighted by Gasteiger charge is -2.21. The lowest BCUT2D eigenvalue weighted by Crippen LogP contribution is -2.23. The summed E-state index contributed by atoms with van der Waals surface area (Å²) in [4.78, 5) is 1.19. The Labute approximate surface area is 135 Å². The van der Waals surface area contributed by atoms with E-state index in [1.807, 2.05) is 0 Å². The van der Waals surface area contributed by atoms with Crippen molar-refractivity contribution in [3.05, 3.63) is 50.2 Å². The van der Waals surface area contributed by atoms with Gasteiger partial charge in [-0.05, 0) is 36.4 Å². The van der Waals surface area contributed by atoms with Crippen LogP contribution in [0.25, 0.3) is 0 Å². The van der Waals surface area contributed by atoms with Gasteiger partial charge in [-0.3, -0.25) is 0 Å². The molecule has 1 unspecified atom stereocenters. The summed E-state index contributed by atoms with van der Waals surface area (Å²) < 4.78 is 5.88. The third-order valence-corrected chi connectivity index (χ3v) is 5.62. The highest BCUT2D eigenvalue weighted by molar-refractivity contribution is 7.10. The summed E-state index contributed by atoms with van der Waals surface area (Å²) in [6, 6.07) is 6.55. The maximum Gasteiger partial charge on any atom is 0.127 e. The molecule has 2 nitrogen and oxygen atoms in total. The maximum atomic E-state index is 6.51. The number of benzene rings is 1. The minimum Gasteiger partial charge on any atom is -0.493 e. The molecule has 4 heteroatoms. The molecule has 112 valence electrons. The number of para-hydroxylation sites is 1. The van der Waals surface area contributed by atoms with Crippen LogP contribution in [0.4, 0.5) is 0 Å². The highest BCUT2D eigenvalue weighted by Gasteiger charge is 2.26. The van der Waals surface area contributed by atoms with Crippen molar-refractivity contribution in [2.75, 3.05) is 13.2 Å². The van der Waals surface area contributed by atoms with E-state index in [2.05, 4.69) is 42.7 Å². The Morgan fingerprint density at radius 3 is 3.00 bits per heavy atom. The summed E-state index contributed by atoms with van der Waals surface area (Å²) in [5, 5.41) is 6.64. The second-order valence-electron chi connectivity index (χ2n) is 5.42. The molecule has 0 bridgehead atoms. The Balaban J connectivity index is 2.04. The van der Waals surface area contributed by atoms with E-state index in [4.69, 9.17) is 16.3 Å². The molecule has 2 aromatic rings. The van der Waals surface area contributed by atoms with Crippen LogP contribution in [0.15, 0.2) is 23.6 Å².